The van der Waals surface area contributed by atoms with Crippen LogP contribution in [0, 0.1) is 22.9 Å². The fourth-order valence-electron chi connectivity index (χ4n) is 1.12. The first-order chi connectivity index (χ1) is 6.43. The number of nitro benzene ring substituents is 1. The van der Waals surface area contributed by atoms with Gasteiger partial charge in [0.2, 0.25) is 5.82 Å². The number of halogens is 3. The summed E-state index contributed by atoms with van der Waals surface area (Å²) in [6.07, 6.45) is -2.83. The maximum Gasteiger partial charge on any atom is 0.307 e. The number of hydrogen-bond donors (Lipinski definition) is 0. The zero-order chi connectivity index (χ0) is 10.9. The molecule has 14 heavy (non-hydrogen) atoms. The van der Waals surface area contributed by atoms with E-state index in [4.69, 9.17) is 0 Å². The summed E-state index contributed by atoms with van der Waals surface area (Å²) < 4.78 is 37.2. The van der Waals surface area contributed by atoms with Gasteiger partial charge in [-0.15, -0.1) is 0 Å². The first-order valence-electron chi connectivity index (χ1n) is 3.66. The largest absolute Gasteiger partial charge is 0.307 e. The molecule has 0 aliphatic carbocycles. The van der Waals surface area contributed by atoms with E-state index in [0.29, 0.717) is 6.07 Å². The smallest absolute Gasteiger partial charge is 0.258 e. The van der Waals surface area contributed by atoms with Crippen LogP contribution in [0.25, 0.3) is 0 Å². The molecule has 0 saturated heterocycles. The number of rotatable bonds is 2. The molecule has 0 saturated carbocycles. The summed E-state index contributed by atoms with van der Waals surface area (Å²) in [6, 6.07) is 1.39. The quantitative estimate of drug-likeness (QED) is 0.550. The van der Waals surface area contributed by atoms with Crippen LogP contribution in [-0.4, -0.2) is 4.92 Å². The minimum atomic E-state index is -2.83. The average molecular weight is 205 g/mol. The molecule has 0 heterocycles. The molecule has 0 aliphatic heterocycles. The fraction of sp³-hybridized carbons (Fsp3) is 0.250. The van der Waals surface area contributed by atoms with Gasteiger partial charge < -0.3 is 0 Å². The van der Waals surface area contributed by atoms with Crippen molar-refractivity contribution in [2.45, 2.75) is 13.3 Å². The molecule has 0 bridgehead atoms. The minimum absolute atomic E-state index is 0.106. The monoisotopic (exact) mass is 205 g/mol. The van der Waals surface area contributed by atoms with Crippen LogP contribution >= 0.6 is 0 Å². The van der Waals surface area contributed by atoms with E-state index in [1.54, 1.807) is 0 Å². The van der Waals surface area contributed by atoms with Crippen molar-refractivity contribution in [1.82, 2.24) is 0 Å². The predicted molar refractivity (Wildman–Crippen MR) is 42.7 cm³/mol. The van der Waals surface area contributed by atoms with Crippen molar-refractivity contribution in [1.29, 1.82) is 0 Å². The lowest BCUT2D eigenvalue weighted by molar-refractivity contribution is -0.388. The Morgan fingerprint density at radius 2 is 2.00 bits per heavy atom. The van der Waals surface area contributed by atoms with Crippen molar-refractivity contribution in [3.05, 3.63) is 39.2 Å². The fourth-order valence-corrected chi connectivity index (χ4v) is 1.12. The third-order valence-corrected chi connectivity index (χ3v) is 1.71. The third kappa shape index (κ3) is 1.84. The number of nitrogens with zero attached hydrogens (tertiary/aromatic N) is 1. The van der Waals surface area contributed by atoms with Gasteiger partial charge in [0.15, 0.2) is 0 Å². The summed E-state index contributed by atoms with van der Waals surface area (Å²) in [6.45, 7) is 1.22. The molecule has 0 atom stereocenters. The molecular formula is C8H6F3NO2. The summed E-state index contributed by atoms with van der Waals surface area (Å²) >= 11 is 0. The summed E-state index contributed by atoms with van der Waals surface area (Å²) in [5.74, 6) is -1.23. The maximum absolute atomic E-state index is 12.9. The van der Waals surface area contributed by atoms with E-state index in [2.05, 4.69) is 0 Å². The van der Waals surface area contributed by atoms with E-state index in [0.717, 1.165) is 6.07 Å². The molecule has 1 rings (SSSR count). The average Bonchev–Trinajstić information content (AvgIpc) is 2.01. The highest BCUT2D eigenvalue weighted by molar-refractivity contribution is 5.43. The molecule has 0 spiro atoms. The third-order valence-electron chi connectivity index (χ3n) is 1.71. The summed E-state index contributed by atoms with van der Waals surface area (Å²) in [5, 5.41) is 10.3. The molecule has 0 aliphatic rings. The van der Waals surface area contributed by atoms with Gasteiger partial charge >= 0.3 is 5.69 Å². The van der Waals surface area contributed by atoms with Gasteiger partial charge in [0, 0.05) is 11.1 Å². The molecule has 0 amide bonds. The second kappa shape index (κ2) is 3.65. The Morgan fingerprint density at radius 1 is 1.43 bits per heavy atom. The number of nitro groups is 1. The predicted octanol–water partition coefficient (Wildman–Crippen LogP) is 2.98. The lowest BCUT2D eigenvalue weighted by Crippen LogP contribution is -1.98. The van der Waals surface area contributed by atoms with Gasteiger partial charge in [-0.05, 0) is 19.1 Å². The Hall–Kier alpha value is -1.59. The zero-order valence-corrected chi connectivity index (χ0v) is 7.13. The van der Waals surface area contributed by atoms with Crippen molar-refractivity contribution in [3.8, 4) is 0 Å². The molecule has 0 radical (unpaired) electrons. The van der Waals surface area contributed by atoms with Crippen molar-refractivity contribution in [3.63, 3.8) is 0 Å². The van der Waals surface area contributed by atoms with Crippen LogP contribution in [0.2, 0.25) is 0 Å². The number of hydrogen-bond acceptors (Lipinski definition) is 2. The Bertz CT molecular complexity index is 356. The minimum Gasteiger partial charge on any atom is -0.258 e. The van der Waals surface area contributed by atoms with Crippen LogP contribution in [0.1, 0.15) is 17.6 Å². The van der Waals surface area contributed by atoms with Gasteiger partial charge in [-0.2, -0.15) is 4.39 Å². The molecular weight excluding hydrogens is 199 g/mol. The summed E-state index contributed by atoms with van der Waals surface area (Å²) in [7, 11) is 0. The van der Waals surface area contributed by atoms with Crippen molar-refractivity contribution in [2.24, 2.45) is 0 Å². The van der Waals surface area contributed by atoms with E-state index < -0.39 is 28.4 Å². The molecule has 76 valence electrons. The Kier molecular flexibility index (Phi) is 2.73. The first-order valence-corrected chi connectivity index (χ1v) is 3.66. The highest BCUT2D eigenvalue weighted by Crippen LogP contribution is 2.28. The van der Waals surface area contributed by atoms with E-state index in [1.807, 2.05) is 0 Å². The first kappa shape index (κ1) is 10.5. The molecule has 6 heteroatoms. The molecule has 0 unspecified atom stereocenters. The van der Waals surface area contributed by atoms with Crippen LogP contribution in [0.3, 0.4) is 0 Å². The van der Waals surface area contributed by atoms with Gasteiger partial charge in [0.05, 0.1) is 4.92 Å². The Labute approximate surface area is 77.3 Å². The second-order valence-corrected chi connectivity index (χ2v) is 2.73. The number of aryl methyl sites for hydroxylation is 1. The van der Waals surface area contributed by atoms with Crippen molar-refractivity contribution < 1.29 is 18.1 Å². The lowest BCUT2D eigenvalue weighted by Gasteiger charge is -2.03. The molecule has 1 aromatic carbocycles. The number of alkyl halides is 2. The van der Waals surface area contributed by atoms with Gasteiger partial charge in [-0.3, -0.25) is 10.1 Å². The van der Waals surface area contributed by atoms with E-state index in [9.17, 15) is 23.3 Å². The summed E-state index contributed by atoms with van der Waals surface area (Å²) in [4.78, 5) is 9.37. The van der Waals surface area contributed by atoms with Crippen molar-refractivity contribution in [2.75, 3.05) is 0 Å². The van der Waals surface area contributed by atoms with Crippen LogP contribution in [-0.2, 0) is 0 Å². The van der Waals surface area contributed by atoms with Crippen LogP contribution in [0.4, 0.5) is 18.9 Å². The molecule has 0 aromatic heterocycles. The molecule has 0 fully saturated rings. The summed E-state index contributed by atoms with van der Waals surface area (Å²) in [5.41, 5.74) is -1.41. The Morgan fingerprint density at radius 3 is 2.36 bits per heavy atom. The zero-order valence-electron chi connectivity index (χ0n) is 7.13. The molecule has 0 N–H and O–H groups in total. The van der Waals surface area contributed by atoms with Gasteiger partial charge in [-0.1, -0.05) is 0 Å². The number of benzene rings is 1. The van der Waals surface area contributed by atoms with Gasteiger partial charge in [0.25, 0.3) is 6.43 Å². The van der Waals surface area contributed by atoms with Crippen molar-refractivity contribution >= 4 is 5.69 Å². The lowest BCUT2D eigenvalue weighted by atomic mass is 10.1. The maximum atomic E-state index is 12.9. The highest BCUT2D eigenvalue weighted by atomic mass is 19.3. The molecule has 1 aromatic rings. The van der Waals surface area contributed by atoms with Crippen LogP contribution in [0.15, 0.2) is 12.1 Å². The van der Waals surface area contributed by atoms with Crippen LogP contribution < -0.4 is 0 Å². The second-order valence-electron chi connectivity index (χ2n) is 2.73. The SMILES string of the molecule is Cc1cc(C(F)F)cc(F)c1[N+](=O)[O-]. The van der Waals surface area contributed by atoms with Gasteiger partial charge in [0.1, 0.15) is 0 Å². The van der Waals surface area contributed by atoms with E-state index in [1.165, 1.54) is 6.92 Å². The topological polar surface area (TPSA) is 43.1 Å². The normalized spacial score (nSPS) is 10.6. The highest BCUT2D eigenvalue weighted by Gasteiger charge is 2.21. The van der Waals surface area contributed by atoms with E-state index in [-0.39, 0.29) is 5.56 Å². The Balaban J connectivity index is 3.32. The van der Waals surface area contributed by atoms with E-state index >= 15 is 0 Å². The standard InChI is InChI=1S/C8H6F3NO2/c1-4-2-5(8(10)11)3-6(9)7(4)12(13)14/h2-3,8H,1H3. The van der Waals surface area contributed by atoms with Gasteiger partial charge in [-0.25, -0.2) is 8.78 Å². The molecule has 3 nitrogen and oxygen atoms in total. The van der Waals surface area contributed by atoms with Crippen LogP contribution in [0.5, 0.6) is 0 Å².